The van der Waals surface area contributed by atoms with E-state index in [1.54, 1.807) is 30.3 Å². The van der Waals surface area contributed by atoms with E-state index in [0.717, 1.165) is 42.0 Å². The number of hydrogen-bond donors (Lipinski definition) is 1. The molecule has 1 heterocycles. The zero-order valence-corrected chi connectivity index (χ0v) is 18.2. The van der Waals surface area contributed by atoms with Gasteiger partial charge in [-0.1, -0.05) is 30.3 Å². The summed E-state index contributed by atoms with van der Waals surface area (Å²) in [6.07, 6.45) is 4.28. The summed E-state index contributed by atoms with van der Waals surface area (Å²) in [6, 6.07) is 14.2. The number of amides is 1. The van der Waals surface area contributed by atoms with Crippen molar-refractivity contribution in [2.75, 3.05) is 35.6 Å². The SMILES string of the molecule is Cc1ccccc1N(CC(=O)Nc1ccccc1OCC1CCCCO1)S(C)(=O)=O. The first kappa shape index (κ1) is 22.1. The Bertz CT molecular complexity index is 971. The molecule has 0 aromatic heterocycles. The molecule has 3 rings (SSSR count). The topological polar surface area (TPSA) is 84.9 Å². The highest BCUT2D eigenvalue weighted by Crippen LogP contribution is 2.26. The number of carbonyl (C=O) groups excluding carboxylic acids is 1. The molecule has 0 bridgehead atoms. The molecule has 1 amide bonds. The molecule has 1 fully saturated rings. The molecular weight excluding hydrogens is 404 g/mol. The van der Waals surface area contributed by atoms with E-state index in [0.29, 0.717) is 23.7 Å². The number of benzene rings is 2. The molecule has 2 aromatic rings. The van der Waals surface area contributed by atoms with Crippen LogP contribution in [-0.4, -0.2) is 46.4 Å². The minimum Gasteiger partial charge on any atom is -0.489 e. The molecule has 0 saturated carbocycles. The summed E-state index contributed by atoms with van der Waals surface area (Å²) >= 11 is 0. The van der Waals surface area contributed by atoms with Crippen LogP contribution in [0.15, 0.2) is 48.5 Å². The summed E-state index contributed by atoms with van der Waals surface area (Å²) in [6.45, 7) is 2.63. The summed E-state index contributed by atoms with van der Waals surface area (Å²) in [4.78, 5) is 12.7. The van der Waals surface area contributed by atoms with E-state index in [1.807, 2.05) is 25.1 Å². The summed E-state index contributed by atoms with van der Waals surface area (Å²) in [5.41, 5.74) is 1.75. The van der Waals surface area contributed by atoms with Crippen LogP contribution in [0.4, 0.5) is 11.4 Å². The van der Waals surface area contributed by atoms with Crippen LogP contribution < -0.4 is 14.4 Å². The highest BCUT2D eigenvalue weighted by molar-refractivity contribution is 7.92. The van der Waals surface area contributed by atoms with Gasteiger partial charge in [-0.3, -0.25) is 9.10 Å². The summed E-state index contributed by atoms with van der Waals surface area (Å²) < 4.78 is 37.3. The number of anilines is 2. The second kappa shape index (κ2) is 9.95. The molecule has 1 saturated heterocycles. The van der Waals surface area contributed by atoms with Gasteiger partial charge in [0, 0.05) is 6.61 Å². The van der Waals surface area contributed by atoms with Gasteiger partial charge in [0.05, 0.1) is 23.7 Å². The van der Waals surface area contributed by atoms with Crippen molar-refractivity contribution in [2.24, 2.45) is 0 Å². The summed E-state index contributed by atoms with van der Waals surface area (Å²) in [5.74, 6) is 0.0791. The van der Waals surface area contributed by atoms with E-state index >= 15 is 0 Å². The normalized spacial score (nSPS) is 16.7. The van der Waals surface area contributed by atoms with Gasteiger partial charge in [-0.2, -0.15) is 0 Å². The first-order chi connectivity index (χ1) is 14.3. The largest absolute Gasteiger partial charge is 0.489 e. The Morgan fingerprint density at radius 1 is 1.17 bits per heavy atom. The van der Waals surface area contributed by atoms with Crippen molar-refractivity contribution in [1.29, 1.82) is 0 Å². The van der Waals surface area contributed by atoms with Crippen LogP contribution in [0.1, 0.15) is 24.8 Å². The second-order valence-corrected chi connectivity index (χ2v) is 9.31. The van der Waals surface area contributed by atoms with Crippen molar-refractivity contribution in [3.63, 3.8) is 0 Å². The minimum atomic E-state index is -3.64. The first-order valence-electron chi connectivity index (χ1n) is 10.0. The van der Waals surface area contributed by atoms with Crippen LogP contribution >= 0.6 is 0 Å². The van der Waals surface area contributed by atoms with Crippen LogP contribution in [0.2, 0.25) is 0 Å². The Labute approximate surface area is 178 Å². The van der Waals surface area contributed by atoms with Gasteiger partial charge in [0.2, 0.25) is 15.9 Å². The number of rotatable bonds is 8. The highest BCUT2D eigenvalue weighted by atomic mass is 32.2. The average Bonchev–Trinajstić information content (AvgIpc) is 2.72. The van der Waals surface area contributed by atoms with Gasteiger partial charge in [-0.25, -0.2) is 8.42 Å². The molecule has 1 aliphatic heterocycles. The number of para-hydroxylation sites is 3. The maximum absolute atomic E-state index is 12.7. The molecule has 1 N–H and O–H groups in total. The fraction of sp³-hybridized carbons (Fsp3) is 0.409. The lowest BCUT2D eigenvalue weighted by Gasteiger charge is -2.24. The minimum absolute atomic E-state index is 0.0456. The average molecular weight is 433 g/mol. The summed E-state index contributed by atoms with van der Waals surface area (Å²) in [5, 5.41) is 2.78. The maximum atomic E-state index is 12.7. The van der Waals surface area contributed by atoms with Gasteiger partial charge in [0.15, 0.2) is 0 Å². The lowest BCUT2D eigenvalue weighted by molar-refractivity contribution is -0.114. The zero-order valence-electron chi connectivity index (χ0n) is 17.3. The predicted molar refractivity (Wildman–Crippen MR) is 118 cm³/mol. The molecule has 8 heteroatoms. The smallest absolute Gasteiger partial charge is 0.245 e. The van der Waals surface area contributed by atoms with Crippen LogP contribution in [-0.2, 0) is 19.6 Å². The monoisotopic (exact) mass is 432 g/mol. The van der Waals surface area contributed by atoms with Gasteiger partial charge >= 0.3 is 0 Å². The lowest BCUT2D eigenvalue weighted by atomic mass is 10.1. The van der Waals surface area contributed by atoms with Crippen molar-refractivity contribution >= 4 is 27.3 Å². The molecule has 162 valence electrons. The van der Waals surface area contributed by atoms with Crippen LogP contribution in [0, 0.1) is 6.92 Å². The molecule has 2 aromatic carbocycles. The standard InChI is InChI=1S/C22H28N2O5S/c1-17-9-3-5-12-20(17)24(30(2,26)27)15-22(25)23-19-11-4-6-13-21(19)29-16-18-10-7-8-14-28-18/h3-6,9,11-13,18H,7-8,10,14-16H2,1-2H3,(H,23,25). The number of carbonyl (C=O) groups is 1. The molecule has 1 aliphatic rings. The van der Waals surface area contributed by atoms with E-state index in [2.05, 4.69) is 5.32 Å². The fourth-order valence-corrected chi connectivity index (χ4v) is 4.28. The second-order valence-electron chi connectivity index (χ2n) is 7.40. The third-order valence-corrected chi connectivity index (χ3v) is 6.06. The quantitative estimate of drug-likeness (QED) is 0.692. The number of sulfonamides is 1. The first-order valence-corrected chi connectivity index (χ1v) is 11.9. The van der Waals surface area contributed by atoms with Crippen molar-refractivity contribution in [1.82, 2.24) is 0 Å². The molecule has 7 nitrogen and oxygen atoms in total. The number of nitrogens with one attached hydrogen (secondary N) is 1. The van der Waals surface area contributed by atoms with Crippen molar-refractivity contribution in [3.05, 3.63) is 54.1 Å². The van der Waals surface area contributed by atoms with Crippen molar-refractivity contribution < 1.29 is 22.7 Å². The van der Waals surface area contributed by atoms with E-state index in [9.17, 15) is 13.2 Å². The molecule has 0 aliphatic carbocycles. The van der Waals surface area contributed by atoms with Crippen molar-refractivity contribution in [3.8, 4) is 5.75 Å². The Hall–Kier alpha value is -2.58. The van der Waals surface area contributed by atoms with Gasteiger partial charge in [-0.15, -0.1) is 0 Å². The molecule has 30 heavy (non-hydrogen) atoms. The number of nitrogens with zero attached hydrogens (tertiary/aromatic N) is 1. The third-order valence-electron chi connectivity index (χ3n) is 4.93. The zero-order chi connectivity index (χ0) is 21.6. The van der Waals surface area contributed by atoms with Gasteiger partial charge in [0.25, 0.3) is 0 Å². The Morgan fingerprint density at radius 2 is 1.90 bits per heavy atom. The Balaban J connectivity index is 1.69. The van der Waals surface area contributed by atoms with E-state index < -0.39 is 15.9 Å². The number of hydrogen-bond acceptors (Lipinski definition) is 5. The van der Waals surface area contributed by atoms with Gasteiger partial charge in [-0.05, 0) is 49.9 Å². The fourth-order valence-electron chi connectivity index (χ4n) is 3.36. The van der Waals surface area contributed by atoms with E-state index in [4.69, 9.17) is 9.47 Å². The van der Waals surface area contributed by atoms with Crippen LogP contribution in [0.3, 0.4) is 0 Å². The Morgan fingerprint density at radius 3 is 2.60 bits per heavy atom. The summed E-state index contributed by atoms with van der Waals surface area (Å²) in [7, 11) is -3.64. The van der Waals surface area contributed by atoms with Crippen LogP contribution in [0.25, 0.3) is 0 Å². The number of ether oxygens (including phenoxy) is 2. The van der Waals surface area contributed by atoms with Crippen molar-refractivity contribution in [2.45, 2.75) is 32.3 Å². The van der Waals surface area contributed by atoms with E-state index in [1.165, 1.54) is 0 Å². The van der Waals surface area contributed by atoms with Gasteiger partial charge < -0.3 is 14.8 Å². The third kappa shape index (κ3) is 5.96. The van der Waals surface area contributed by atoms with Gasteiger partial charge in [0.1, 0.15) is 18.9 Å². The molecule has 1 unspecified atom stereocenters. The van der Waals surface area contributed by atoms with Crippen LogP contribution in [0.5, 0.6) is 5.75 Å². The number of aryl methyl sites for hydroxylation is 1. The van der Waals surface area contributed by atoms with E-state index in [-0.39, 0.29) is 12.6 Å². The molecule has 1 atom stereocenters. The molecule has 0 spiro atoms. The maximum Gasteiger partial charge on any atom is 0.245 e. The Kier molecular flexibility index (Phi) is 7.33. The molecular formula is C22H28N2O5S. The highest BCUT2D eigenvalue weighted by Gasteiger charge is 2.23. The predicted octanol–water partition coefficient (Wildman–Crippen LogP) is 3.35. The molecule has 0 radical (unpaired) electrons. The lowest BCUT2D eigenvalue weighted by Crippen LogP contribution is -2.38.